The zero-order chi connectivity index (χ0) is 15.3. The van der Waals surface area contributed by atoms with Gasteiger partial charge in [0.1, 0.15) is 4.90 Å². The van der Waals surface area contributed by atoms with Crippen molar-refractivity contribution in [3.63, 3.8) is 0 Å². The van der Waals surface area contributed by atoms with Gasteiger partial charge in [-0.25, -0.2) is 13.1 Å². The van der Waals surface area contributed by atoms with Crippen LogP contribution in [0, 0.1) is 6.92 Å². The molecule has 0 atom stereocenters. The maximum Gasteiger partial charge on any atom is 0.242 e. The van der Waals surface area contributed by atoms with E-state index in [0.717, 1.165) is 41.6 Å². The van der Waals surface area contributed by atoms with Crippen molar-refractivity contribution in [2.45, 2.75) is 18.4 Å². The molecule has 0 radical (unpaired) electrons. The lowest BCUT2D eigenvalue weighted by Gasteiger charge is -2.26. The summed E-state index contributed by atoms with van der Waals surface area (Å²) < 4.78 is 27.7. The highest BCUT2D eigenvalue weighted by Gasteiger charge is 2.22. The predicted octanol–water partition coefficient (Wildman–Crippen LogP) is 1.10. The summed E-state index contributed by atoms with van der Waals surface area (Å²) in [5.74, 6) is 2.28. The number of nitrogens with one attached hydrogen (secondary N) is 2. The molecule has 1 saturated heterocycles. The number of sulfonamides is 1. The fraction of sp³-hybridized carbons (Fsp3) is 0.692. The number of hydrogen-bond acceptors (Lipinski definition) is 6. The molecule has 1 aromatic rings. The van der Waals surface area contributed by atoms with E-state index in [2.05, 4.69) is 14.9 Å². The highest BCUT2D eigenvalue weighted by Crippen LogP contribution is 2.26. The second-order valence-corrected chi connectivity index (χ2v) is 8.95. The van der Waals surface area contributed by atoms with Crippen LogP contribution in [0.5, 0.6) is 0 Å². The molecule has 0 bridgehead atoms. The molecule has 1 fully saturated rings. The van der Waals surface area contributed by atoms with Crippen LogP contribution in [0.1, 0.15) is 10.4 Å². The number of hydrogen-bond donors (Lipinski definition) is 2. The second kappa shape index (κ2) is 7.94. The first kappa shape index (κ1) is 17.2. The summed E-state index contributed by atoms with van der Waals surface area (Å²) in [6, 6.07) is 0. The Morgan fingerprint density at radius 3 is 2.71 bits per heavy atom. The van der Waals surface area contributed by atoms with Crippen molar-refractivity contribution in [3.05, 3.63) is 15.8 Å². The lowest BCUT2D eigenvalue weighted by Crippen LogP contribution is -2.39. The van der Waals surface area contributed by atoms with Crippen LogP contribution in [0.2, 0.25) is 0 Å². The molecule has 0 amide bonds. The van der Waals surface area contributed by atoms with Crippen LogP contribution >= 0.6 is 23.1 Å². The van der Waals surface area contributed by atoms with E-state index in [1.165, 1.54) is 11.3 Å². The summed E-state index contributed by atoms with van der Waals surface area (Å²) in [5.41, 5.74) is 0.826. The van der Waals surface area contributed by atoms with Gasteiger partial charge in [-0.05, 0) is 24.9 Å². The molecule has 8 heteroatoms. The van der Waals surface area contributed by atoms with Crippen molar-refractivity contribution in [3.8, 4) is 0 Å². The third-order valence-electron chi connectivity index (χ3n) is 3.42. The van der Waals surface area contributed by atoms with Gasteiger partial charge in [0.25, 0.3) is 0 Å². The van der Waals surface area contributed by atoms with E-state index in [1.54, 1.807) is 0 Å². The van der Waals surface area contributed by atoms with E-state index in [4.69, 9.17) is 0 Å². The normalized spacial score (nSPS) is 17.2. The maximum atomic E-state index is 12.5. The van der Waals surface area contributed by atoms with Crippen LogP contribution in [0.3, 0.4) is 0 Å². The van der Waals surface area contributed by atoms with E-state index in [-0.39, 0.29) is 0 Å². The summed E-state index contributed by atoms with van der Waals surface area (Å²) >= 11 is 3.45. The molecule has 2 heterocycles. The second-order valence-electron chi connectivity index (χ2n) is 5.05. The summed E-state index contributed by atoms with van der Waals surface area (Å²) in [4.78, 5) is 3.64. The quantitative estimate of drug-likeness (QED) is 0.772. The number of nitrogens with zero attached hydrogens (tertiary/aromatic N) is 1. The molecule has 1 aliphatic rings. The highest BCUT2D eigenvalue weighted by molar-refractivity contribution is 7.99. The highest BCUT2D eigenvalue weighted by atomic mass is 32.2. The smallest absolute Gasteiger partial charge is 0.242 e. The van der Waals surface area contributed by atoms with Gasteiger partial charge in [-0.3, -0.25) is 0 Å². The Kier molecular flexibility index (Phi) is 6.51. The topological polar surface area (TPSA) is 61.4 Å². The van der Waals surface area contributed by atoms with Gasteiger partial charge in [0.05, 0.1) is 0 Å². The zero-order valence-electron chi connectivity index (χ0n) is 12.5. The SMILES string of the molecule is CNCc1scc(C)c1S(=O)(=O)NCCN1CCSCC1. The molecule has 1 aromatic heterocycles. The molecular weight excluding hydrogens is 326 g/mol. The van der Waals surface area contributed by atoms with Gasteiger partial charge < -0.3 is 10.2 Å². The van der Waals surface area contributed by atoms with Crippen LogP contribution in [0.15, 0.2) is 10.3 Å². The lowest BCUT2D eigenvalue weighted by molar-refractivity contribution is 0.307. The standard InChI is InChI=1S/C13H23N3O2S3/c1-11-10-20-12(9-14-2)13(11)21(17,18)15-3-4-16-5-7-19-8-6-16/h10,14-15H,3-9H2,1-2H3. The lowest BCUT2D eigenvalue weighted by atomic mass is 10.3. The van der Waals surface area contributed by atoms with Crippen molar-refractivity contribution in [1.82, 2.24) is 14.9 Å². The Bertz CT molecular complexity index is 551. The number of rotatable bonds is 7. The van der Waals surface area contributed by atoms with Crippen LogP contribution < -0.4 is 10.0 Å². The molecule has 1 aliphatic heterocycles. The van der Waals surface area contributed by atoms with Gasteiger partial charge in [-0.2, -0.15) is 11.8 Å². The van der Waals surface area contributed by atoms with Crippen molar-refractivity contribution < 1.29 is 8.42 Å². The molecule has 2 N–H and O–H groups in total. The molecular formula is C13H23N3O2S3. The molecule has 2 rings (SSSR count). The molecule has 0 aromatic carbocycles. The predicted molar refractivity (Wildman–Crippen MR) is 90.8 cm³/mol. The Hall–Kier alpha value is -0.120. The first-order valence-electron chi connectivity index (χ1n) is 7.06. The summed E-state index contributed by atoms with van der Waals surface area (Å²) in [6.45, 7) is 5.79. The van der Waals surface area contributed by atoms with Gasteiger partial charge in [-0.15, -0.1) is 11.3 Å². The maximum absolute atomic E-state index is 12.5. The van der Waals surface area contributed by atoms with Crippen molar-refractivity contribution in [2.24, 2.45) is 0 Å². The minimum Gasteiger partial charge on any atom is -0.315 e. The van der Waals surface area contributed by atoms with Crippen LogP contribution in [0.4, 0.5) is 0 Å². The molecule has 0 unspecified atom stereocenters. The Morgan fingerprint density at radius 1 is 1.33 bits per heavy atom. The molecule has 21 heavy (non-hydrogen) atoms. The van der Waals surface area contributed by atoms with Crippen molar-refractivity contribution >= 4 is 33.1 Å². The fourth-order valence-corrected chi connectivity index (χ4v) is 6.18. The Balaban J connectivity index is 1.96. The minimum atomic E-state index is -3.41. The van der Waals surface area contributed by atoms with Crippen LogP contribution in [-0.2, 0) is 16.6 Å². The first-order chi connectivity index (χ1) is 10.0. The van der Waals surface area contributed by atoms with E-state index in [1.807, 2.05) is 31.1 Å². The molecule has 120 valence electrons. The van der Waals surface area contributed by atoms with E-state index in [0.29, 0.717) is 18.0 Å². The summed E-state index contributed by atoms with van der Waals surface area (Å²) in [5, 5.41) is 4.93. The van der Waals surface area contributed by atoms with Gasteiger partial charge in [0.15, 0.2) is 0 Å². The average molecular weight is 350 g/mol. The third kappa shape index (κ3) is 4.67. The van der Waals surface area contributed by atoms with E-state index >= 15 is 0 Å². The van der Waals surface area contributed by atoms with Crippen LogP contribution in [-0.4, -0.2) is 58.1 Å². The average Bonchev–Trinajstić information content (AvgIpc) is 2.82. The van der Waals surface area contributed by atoms with Gasteiger partial charge >= 0.3 is 0 Å². The zero-order valence-corrected chi connectivity index (χ0v) is 15.0. The Morgan fingerprint density at radius 2 is 2.05 bits per heavy atom. The van der Waals surface area contributed by atoms with Crippen molar-refractivity contribution in [1.29, 1.82) is 0 Å². The monoisotopic (exact) mass is 349 g/mol. The molecule has 0 spiro atoms. The summed E-state index contributed by atoms with van der Waals surface area (Å²) in [7, 11) is -1.59. The number of thioether (sulfide) groups is 1. The van der Waals surface area contributed by atoms with Crippen LogP contribution in [0.25, 0.3) is 0 Å². The van der Waals surface area contributed by atoms with E-state index < -0.39 is 10.0 Å². The Labute approximate surface area is 135 Å². The molecule has 0 aliphatic carbocycles. The van der Waals surface area contributed by atoms with Crippen molar-refractivity contribution in [2.75, 3.05) is 44.7 Å². The fourth-order valence-electron chi connectivity index (χ4n) is 2.37. The van der Waals surface area contributed by atoms with Gasteiger partial charge in [-0.1, -0.05) is 0 Å². The first-order valence-corrected chi connectivity index (χ1v) is 10.6. The van der Waals surface area contributed by atoms with Gasteiger partial charge in [0.2, 0.25) is 10.0 Å². The summed E-state index contributed by atoms with van der Waals surface area (Å²) in [6.07, 6.45) is 0. The molecule has 5 nitrogen and oxygen atoms in total. The largest absolute Gasteiger partial charge is 0.315 e. The number of thiophene rings is 1. The number of aryl methyl sites for hydroxylation is 1. The van der Waals surface area contributed by atoms with Gasteiger partial charge in [0, 0.05) is 49.1 Å². The minimum absolute atomic E-state index is 0.455. The molecule has 0 saturated carbocycles. The third-order valence-corrected chi connectivity index (χ3v) is 7.29. The van der Waals surface area contributed by atoms with E-state index in [9.17, 15) is 8.42 Å².